The molecule has 0 aromatic carbocycles. The fourth-order valence-corrected chi connectivity index (χ4v) is 1.95. The number of carbonyl (C=O) groups is 1. The van der Waals surface area contributed by atoms with Crippen LogP contribution in [0.5, 0.6) is 0 Å². The maximum absolute atomic E-state index is 11.8. The summed E-state index contributed by atoms with van der Waals surface area (Å²) in [6, 6.07) is 1.87. The lowest BCUT2D eigenvalue weighted by Gasteiger charge is -2.07. The first kappa shape index (κ1) is 11.6. The number of amides is 1. The molecule has 1 unspecified atom stereocenters. The maximum Gasteiger partial charge on any atom is 0.229 e. The van der Waals surface area contributed by atoms with E-state index in [2.05, 4.69) is 40.1 Å². The van der Waals surface area contributed by atoms with Gasteiger partial charge in [-0.05, 0) is 46.3 Å². The Morgan fingerprint density at radius 3 is 2.75 bits per heavy atom. The van der Waals surface area contributed by atoms with Crippen LogP contribution in [0.15, 0.2) is 16.7 Å². The lowest BCUT2D eigenvalue weighted by atomic mass is 10.1. The van der Waals surface area contributed by atoms with Crippen molar-refractivity contribution in [2.45, 2.75) is 27.2 Å². The van der Waals surface area contributed by atoms with Gasteiger partial charge in [-0.15, -0.1) is 0 Å². The van der Waals surface area contributed by atoms with E-state index < -0.39 is 0 Å². The van der Waals surface area contributed by atoms with Crippen molar-refractivity contribution in [1.82, 2.24) is 4.98 Å². The van der Waals surface area contributed by atoms with E-state index in [1.165, 1.54) is 0 Å². The van der Waals surface area contributed by atoms with E-state index in [1.807, 2.05) is 13.0 Å². The van der Waals surface area contributed by atoms with Gasteiger partial charge in [-0.25, -0.2) is 4.98 Å². The van der Waals surface area contributed by atoms with E-state index in [9.17, 15) is 4.79 Å². The molecule has 1 aromatic heterocycles. The summed E-state index contributed by atoms with van der Waals surface area (Å²) in [6.07, 6.45) is 2.68. The summed E-state index contributed by atoms with van der Waals surface area (Å²) in [7, 11) is 0. The number of aromatic nitrogens is 1. The Morgan fingerprint density at radius 2 is 2.25 bits per heavy atom. The molecule has 2 rings (SSSR count). The van der Waals surface area contributed by atoms with Gasteiger partial charge in [-0.2, -0.15) is 0 Å². The maximum atomic E-state index is 11.8. The summed E-state index contributed by atoms with van der Waals surface area (Å²) >= 11 is 3.38. The monoisotopic (exact) mass is 282 g/mol. The van der Waals surface area contributed by atoms with Crippen molar-refractivity contribution in [2.75, 3.05) is 5.32 Å². The number of aryl methyl sites for hydroxylation is 1. The van der Waals surface area contributed by atoms with Crippen LogP contribution >= 0.6 is 15.9 Å². The zero-order valence-electron chi connectivity index (χ0n) is 9.67. The number of hydrogen-bond acceptors (Lipinski definition) is 2. The highest BCUT2D eigenvalue weighted by Gasteiger charge is 2.50. The first-order valence-electron chi connectivity index (χ1n) is 5.33. The lowest BCUT2D eigenvalue weighted by molar-refractivity contribution is -0.118. The predicted octanol–water partition coefficient (Wildman–Crippen LogP) is 3.14. The number of anilines is 1. The average molecular weight is 283 g/mol. The Hall–Kier alpha value is -0.900. The Balaban J connectivity index is 2.05. The van der Waals surface area contributed by atoms with Crippen LogP contribution in [-0.4, -0.2) is 10.9 Å². The van der Waals surface area contributed by atoms with Gasteiger partial charge < -0.3 is 5.32 Å². The number of carbonyl (C=O) groups excluding carboxylic acids is 1. The third kappa shape index (κ3) is 2.26. The molecule has 16 heavy (non-hydrogen) atoms. The summed E-state index contributed by atoms with van der Waals surface area (Å²) in [5.74, 6) is 0.853. The standard InChI is InChI=1S/C12H15BrN2O/c1-7-4-10(14-6-9(7)13)15-11(16)8-5-12(8,2)3/h4,6,8H,5H2,1-3H3,(H,14,15,16). The van der Waals surface area contributed by atoms with Crippen molar-refractivity contribution in [3.63, 3.8) is 0 Å². The van der Waals surface area contributed by atoms with Crippen LogP contribution in [0.1, 0.15) is 25.8 Å². The molecule has 0 aliphatic heterocycles. The number of hydrogen-bond donors (Lipinski definition) is 1. The van der Waals surface area contributed by atoms with E-state index >= 15 is 0 Å². The minimum Gasteiger partial charge on any atom is -0.310 e. The van der Waals surface area contributed by atoms with Gasteiger partial charge in [0, 0.05) is 16.6 Å². The third-order valence-corrected chi connectivity index (χ3v) is 3.96. The molecule has 4 heteroatoms. The third-order valence-electron chi connectivity index (χ3n) is 3.13. The van der Waals surface area contributed by atoms with Crippen LogP contribution in [-0.2, 0) is 4.79 Å². The largest absolute Gasteiger partial charge is 0.310 e. The second-order valence-corrected chi connectivity index (χ2v) is 5.91. The van der Waals surface area contributed by atoms with Gasteiger partial charge in [-0.3, -0.25) is 4.79 Å². The molecular weight excluding hydrogens is 268 g/mol. The molecule has 0 radical (unpaired) electrons. The van der Waals surface area contributed by atoms with Crippen LogP contribution in [0.2, 0.25) is 0 Å². The van der Waals surface area contributed by atoms with E-state index in [0.29, 0.717) is 5.82 Å². The quantitative estimate of drug-likeness (QED) is 0.906. The zero-order chi connectivity index (χ0) is 11.9. The fourth-order valence-electron chi connectivity index (χ4n) is 1.74. The molecule has 1 saturated carbocycles. The van der Waals surface area contributed by atoms with Crippen LogP contribution in [0.3, 0.4) is 0 Å². The summed E-state index contributed by atoms with van der Waals surface area (Å²) in [5.41, 5.74) is 1.23. The molecule has 1 amide bonds. The molecule has 0 bridgehead atoms. The van der Waals surface area contributed by atoms with Crippen molar-refractivity contribution in [2.24, 2.45) is 11.3 Å². The molecule has 3 nitrogen and oxygen atoms in total. The van der Waals surface area contributed by atoms with Crippen molar-refractivity contribution in [1.29, 1.82) is 0 Å². The molecule has 1 N–H and O–H groups in total. The number of rotatable bonds is 2. The smallest absolute Gasteiger partial charge is 0.229 e. The van der Waals surface area contributed by atoms with E-state index in [4.69, 9.17) is 0 Å². The van der Waals surface area contributed by atoms with Crippen molar-refractivity contribution in [3.05, 3.63) is 22.3 Å². The van der Waals surface area contributed by atoms with Gasteiger partial charge in [-0.1, -0.05) is 13.8 Å². The predicted molar refractivity (Wildman–Crippen MR) is 67.2 cm³/mol. The molecule has 1 atom stereocenters. The second-order valence-electron chi connectivity index (χ2n) is 5.05. The highest BCUT2D eigenvalue weighted by Crippen LogP contribution is 2.51. The average Bonchev–Trinajstić information content (AvgIpc) is 2.82. The Kier molecular flexibility index (Phi) is 2.78. The molecule has 0 saturated heterocycles. The van der Waals surface area contributed by atoms with Gasteiger partial charge in [0.15, 0.2) is 0 Å². The normalized spacial score (nSPS) is 21.6. The lowest BCUT2D eigenvalue weighted by Crippen LogP contribution is -2.17. The molecule has 1 heterocycles. The van der Waals surface area contributed by atoms with Gasteiger partial charge in [0.1, 0.15) is 5.82 Å². The van der Waals surface area contributed by atoms with Crippen LogP contribution < -0.4 is 5.32 Å². The van der Waals surface area contributed by atoms with Crippen LogP contribution in [0.4, 0.5) is 5.82 Å². The highest BCUT2D eigenvalue weighted by atomic mass is 79.9. The minimum absolute atomic E-state index is 0.0826. The van der Waals surface area contributed by atoms with Crippen molar-refractivity contribution >= 4 is 27.7 Å². The molecule has 0 spiro atoms. The molecule has 1 aliphatic rings. The van der Waals surface area contributed by atoms with E-state index in [1.54, 1.807) is 6.20 Å². The molecule has 86 valence electrons. The number of halogens is 1. The van der Waals surface area contributed by atoms with Crippen LogP contribution in [0.25, 0.3) is 0 Å². The van der Waals surface area contributed by atoms with E-state index in [0.717, 1.165) is 16.5 Å². The minimum atomic E-state index is 0.0826. The molecule has 1 fully saturated rings. The first-order valence-corrected chi connectivity index (χ1v) is 6.12. The molecule has 1 aliphatic carbocycles. The van der Waals surface area contributed by atoms with Crippen LogP contribution in [0, 0.1) is 18.3 Å². The summed E-state index contributed by atoms with van der Waals surface area (Å²) in [6.45, 7) is 6.19. The molecule has 1 aromatic rings. The second kappa shape index (κ2) is 3.84. The Morgan fingerprint density at radius 1 is 1.62 bits per heavy atom. The summed E-state index contributed by atoms with van der Waals surface area (Å²) < 4.78 is 0.956. The van der Waals surface area contributed by atoms with Gasteiger partial charge in [0.25, 0.3) is 0 Å². The van der Waals surface area contributed by atoms with Crippen molar-refractivity contribution < 1.29 is 4.79 Å². The van der Waals surface area contributed by atoms with Gasteiger partial charge in [0.2, 0.25) is 5.91 Å². The number of nitrogens with one attached hydrogen (secondary N) is 1. The molecular formula is C12H15BrN2O. The highest BCUT2D eigenvalue weighted by molar-refractivity contribution is 9.10. The zero-order valence-corrected chi connectivity index (χ0v) is 11.3. The summed E-state index contributed by atoms with van der Waals surface area (Å²) in [4.78, 5) is 16.0. The first-order chi connectivity index (χ1) is 7.40. The SMILES string of the molecule is Cc1cc(NC(=O)C2CC2(C)C)ncc1Br. The number of pyridine rings is 1. The number of nitrogens with zero attached hydrogens (tertiary/aromatic N) is 1. The van der Waals surface area contributed by atoms with E-state index in [-0.39, 0.29) is 17.2 Å². The summed E-state index contributed by atoms with van der Waals surface area (Å²) in [5, 5.41) is 2.86. The Labute approximate surface area is 104 Å². The Bertz CT molecular complexity index is 443. The fraction of sp³-hybridized carbons (Fsp3) is 0.500. The van der Waals surface area contributed by atoms with Gasteiger partial charge in [0.05, 0.1) is 0 Å². The van der Waals surface area contributed by atoms with Crippen molar-refractivity contribution in [3.8, 4) is 0 Å². The topological polar surface area (TPSA) is 42.0 Å². The van der Waals surface area contributed by atoms with Gasteiger partial charge >= 0.3 is 0 Å².